The number of ether oxygens (including phenoxy) is 2. The van der Waals surface area contributed by atoms with E-state index in [2.05, 4.69) is 0 Å². The fourth-order valence-electron chi connectivity index (χ4n) is 4.28. The molecule has 1 saturated heterocycles. The van der Waals surface area contributed by atoms with E-state index in [0.29, 0.717) is 36.6 Å². The quantitative estimate of drug-likeness (QED) is 0.412. The van der Waals surface area contributed by atoms with Crippen LogP contribution in [-0.4, -0.2) is 48.4 Å². The van der Waals surface area contributed by atoms with E-state index in [4.69, 9.17) is 9.47 Å². The topological polar surface area (TPSA) is 102 Å². The molecule has 1 unspecified atom stereocenters. The molecule has 2 amide bonds. The summed E-state index contributed by atoms with van der Waals surface area (Å²) in [6, 6.07) is 7.67. The lowest BCUT2D eigenvalue weighted by Gasteiger charge is -2.32. The largest absolute Gasteiger partial charge is 0.493 e. The zero-order chi connectivity index (χ0) is 22.3. The molecule has 1 atom stereocenters. The van der Waals surface area contributed by atoms with E-state index in [-0.39, 0.29) is 29.6 Å². The van der Waals surface area contributed by atoms with Crippen LogP contribution in [0.5, 0.6) is 11.5 Å². The first-order valence-corrected chi connectivity index (χ1v) is 9.93. The molecule has 2 aromatic carbocycles. The zero-order valence-electron chi connectivity index (χ0n) is 17.6. The average Bonchev–Trinajstić information content (AvgIpc) is 3.06. The normalized spacial score (nSPS) is 18.8. The Morgan fingerprint density at radius 1 is 1.06 bits per heavy atom. The second-order valence-electron chi connectivity index (χ2n) is 7.71. The Morgan fingerprint density at radius 2 is 1.74 bits per heavy atom. The molecule has 9 nitrogen and oxygen atoms in total. The first-order valence-electron chi connectivity index (χ1n) is 9.93. The van der Waals surface area contributed by atoms with Gasteiger partial charge in [0.25, 0.3) is 11.6 Å². The molecule has 2 heterocycles. The summed E-state index contributed by atoms with van der Waals surface area (Å²) in [7, 11) is 3.16. The Bertz CT molecular complexity index is 1080. The highest BCUT2D eigenvalue weighted by Gasteiger charge is 2.43. The molecule has 0 bridgehead atoms. The van der Waals surface area contributed by atoms with Crippen molar-refractivity contribution in [2.24, 2.45) is 0 Å². The van der Waals surface area contributed by atoms with Crippen molar-refractivity contribution < 1.29 is 24.0 Å². The van der Waals surface area contributed by atoms with Crippen molar-refractivity contribution >= 4 is 23.2 Å². The van der Waals surface area contributed by atoms with Crippen molar-refractivity contribution in [2.45, 2.75) is 32.4 Å². The number of methoxy groups -OCH3 is 2. The number of imide groups is 1. The predicted molar refractivity (Wildman–Crippen MR) is 112 cm³/mol. The monoisotopic (exact) mass is 425 g/mol. The number of benzene rings is 2. The second-order valence-corrected chi connectivity index (χ2v) is 7.71. The Balaban J connectivity index is 1.59. The second kappa shape index (κ2) is 7.99. The van der Waals surface area contributed by atoms with Gasteiger partial charge in [-0.1, -0.05) is 6.07 Å². The summed E-state index contributed by atoms with van der Waals surface area (Å²) >= 11 is 0. The number of fused-ring (bicyclic) bond motifs is 1. The number of nitro groups is 1. The minimum Gasteiger partial charge on any atom is -0.493 e. The van der Waals surface area contributed by atoms with Crippen LogP contribution in [0.1, 0.15) is 23.1 Å². The molecule has 31 heavy (non-hydrogen) atoms. The van der Waals surface area contributed by atoms with Crippen LogP contribution in [0.2, 0.25) is 0 Å². The van der Waals surface area contributed by atoms with Gasteiger partial charge in [-0.15, -0.1) is 0 Å². The van der Waals surface area contributed by atoms with E-state index < -0.39 is 11.0 Å². The van der Waals surface area contributed by atoms with Gasteiger partial charge in [0.05, 0.1) is 37.3 Å². The van der Waals surface area contributed by atoms with Crippen molar-refractivity contribution in [1.29, 1.82) is 0 Å². The molecule has 0 saturated carbocycles. The third-order valence-electron chi connectivity index (χ3n) is 5.96. The van der Waals surface area contributed by atoms with Gasteiger partial charge in [0.2, 0.25) is 5.91 Å². The predicted octanol–water partition coefficient (Wildman–Crippen LogP) is 2.61. The molecule has 9 heteroatoms. The molecule has 2 aliphatic rings. The molecule has 2 aromatic rings. The minimum atomic E-state index is -0.603. The highest BCUT2D eigenvalue weighted by molar-refractivity contribution is 6.22. The van der Waals surface area contributed by atoms with Crippen LogP contribution in [0.3, 0.4) is 0 Å². The van der Waals surface area contributed by atoms with Gasteiger partial charge >= 0.3 is 0 Å². The third kappa shape index (κ3) is 3.61. The van der Waals surface area contributed by atoms with Crippen LogP contribution in [0, 0.1) is 17.0 Å². The summed E-state index contributed by atoms with van der Waals surface area (Å²) < 4.78 is 10.8. The molecular formula is C22H23N3O6. The van der Waals surface area contributed by atoms with Crippen LogP contribution in [0.4, 0.5) is 11.4 Å². The summed E-state index contributed by atoms with van der Waals surface area (Å²) in [5.74, 6) is 0.567. The number of nitrogens with zero attached hydrogens (tertiary/aromatic N) is 3. The lowest BCUT2D eigenvalue weighted by atomic mass is 9.97. The zero-order valence-corrected chi connectivity index (χ0v) is 17.6. The maximum atomic E-state index is 13.2. The first kappa shape index (κ1) is 20.8. The van der Waals surface area contributed by atoms with Crippen LogP contribution in [0.15, 0.2) is 30.3 Å². The van der Waals surface area contributed by atoms with Crippen molar-refractivity contribution in [3.05, 3.63) is 57.1 Å². The Labute approximate surface area is 179 Å². The molecule has 0 N–H and O–H groups in total. The van der Waals surface area contributed by atoms with Crippen LogP contribution >= 0.6 is 0 Å². The average molecular weight is 425 g/mol. The lowest BCUT2D eigenvalue weighted by Crippen LogP contribution is -2.44. The highest BCUT2D eigenvalue weighted by Crippen LogP contribution is 2.36. The number of carbonyl (C=O) groups excluding carboxylic acids is 2. The Morgan fingerprint density at radius 3 is 2.39 bits per heavy atom. The first-order chi connectivity index (χ1) is 14.8. The Hall–Kier alpha value is -3.46. The van der Waals surface area contributed by atoms with Gasteiger partial charge in [0, 0.05) is 24.7 Å². The third-order valence-corrected chi connectivity index (χ3v) is 5.96. The number of nitro benzene ring substituents is 1. The van der Waals surface area contributed by atoms with E-state index in [9.17, 15) is 19.7 Å². The number of anilines is 1. The van der Waals surface area contributed by atoms with Crippen molar-refractivity contribution in [1.82, 2.24) is 4.90 Å². The lowest BCUT2D eigenvalue weighted by molar-refractivity contribution is -0.385. The van der Waals surface area contributed by atoms with Gasteiger partial charge in [0.15, 0.2) is 11.5 Å². The molecule has 4 rings (SSSR count). The molecule has 1 fully saturated rings. The number of aryl methyl sites for hydroxylation is 1. The van der Waals surface area contributed by atoms with E-state index in [1.165, 1.54) is 6.07 Å². The fourth-order valence-corrected chi connectivity index (χ4v) is 4.28. The maximum absolute atomic E-state index is 13.2. The summed E-state index contributed by atoms with van der Waals surface area (Å²) in [6.45, 7) is 2.74. The summed E-state index contributed by atoms with van der Waals surface area (Å²) in [6.07, 6.45) is 0.757. The van der Waals surface area contributed by atoms with Crippen molar-refractivity contribution in [3.63, 3.8) is 0 Å². The summed E-state index contributed by atoms with van der Waals surface area (Å²) in [5, 5.41) is 11.3. The molecule has 0 aliphatic carbocycles. The van der Waals surface area contributed by atoms with Crippen LogP contribution in [-0.2, 0) is 22.6 Å². The van der Waals surface area contributed by atoms with Crippen LogP contribution in [0.25, 0.3) is 0 Å². The molecule has 0 aromatic heterocycles. The number of rotatable bonds is 5. The Kier molecular flexibility index (Phi) is 5.36. The summed E-state index contributed by atoms with van der Waals surface area (Å²) in [5.41, 5.74) is 2.74. The standard InChI is InChI=1S/C22H23N3O6/c1-13-4-5-16(10-17(13)25(28)29)24-21(26)11-18(22(24)27)23-7-6-14-8-19(30-2)20(31-3)9-15(14)12-23/h4-5,8-10,18H,6-7,11-12H2,1-3H3. The van der Waals surface area contributed by atoms with Crippen molar-refractivity contribution in [3.8, 4) is 11.5 Å². The maximum Gasteiger partial charge on any atom is 0.274 e. The van der Waals surface area contributed by atoms with E-state index >= 15 is 0 Å². The van der Waals surface area contributed by atoms with Crippen molar-refractivity contribution in [2.75, 3.05) is 25.7 Å². The van der Waals surface area contributed by atoms with Gasteiger partial charge in [-0.2, -0.15) is 0 Å². The van der Waals surface area contributed by atoms with Gasteiger partial charge in [-0.3, -0.25) is 24.6 Å². The highest BCUT2D eigenvalue weighted by atomic mass is 16.6. The number of carbonyl (C=O) groups is 2. The van der Waals surface area contributed by atoms with E-state index in [1.54, 1.807) is 33.3 Å². The van der Waals surface area contributed by atoms with Gasteiger partial charge in [-0.25, -0.2) is 4.90 Å². The molecular weight excluding hydrogens is 402 g/mol. The fraction of sp³-hybridized carbons (Fsp3) is 0.364. The minimum absolute atomic E-state index is 0.0448. The molecule has 2 aliphatic heterocycles. The SMILES string of the molecule is COc1cc2c(cc1OC)CN(C1CC(=O)N(c3ccc(C)c([N+](=O)[O-])c3)C1=O)CC2. The van der Waals surface area contributed by atoms with Gasteiger partial charge in [0.1, 0.15) is 0 Å². The smallest absolute Gasteiger partial charge is 0.274 e. The number of amides is 2. The molecule has 0 spiro atoms. The van der Waals surface area contributed by atoms with Gasteiger partial charge < -0.3 is 9.47 Å². The van der Waals surface area contributed by atoms with Crippen LogP contribution < -0.4 is 14.4 Å². The molecule has 162 valence electrons. The number of hydrogen-bond acceptors (Lipinski definition) is 7. The van der Waals surface area contributed by atoms with E-state index in [1.807, 2.05) is 17.0 Å². The summed E-state index contributed by atoms with van der Waals surface area (Å²) in [4.78, 5) is 39.7. The van der Waals surface area contributed by atoms with E-state index in [0.717, 1.165) is 16.0 Å². The van der Waals surface area contributed by atoms with Gasteiger partial charge in [-0.05, 0) is 42.7 Å². The number of hydrogen-bond donors (Lipinski definition) is 0. The molecule has 0 radical (unpaired) electrons.